The third-order valence-corrected chi connectivity index (χ3v) is 2.60. The van der Waals surface area contributed by atoms with Crippen molar-refractivity contribution in [3.05, 3.63) is 36.5 Å². The second-order valence-electron chi connectivity index (χ2n) is 5.38. The molecular weight excluding hydrogens is 224 g/mol. The van der Waals surface area contributed by atoms with E-state index in [1.807, 2.05) is 30.3 Å². The number of hydrogen-bond acceptors (Lipinski definition) is 3. The van der Waals surface area contributed by atoms with Crippen LogP contribution in [0.3, 0.4) is 0 Å². The van der Waals surface area contributed by atoms with Crippen LogP contribution in [-0.2, 0) is 0 Å². The molecule has 0 aliphatic carbocycles. The van der Waals surface area contributed by atoms with Gasteiger partial charge in [-0.1, -0.05) is 6.07 Å². The second kappa shape index (κ2) is 5.36. The van der Waals surface area contributed by atoms with Crippen LogP contribution in [-0.4, -0.2) is 23.7 Å². The fraction of sp³-hybridized carbons (Fsp3) is 0.400. The Labute approximate surface area is 108 Å². The summed E-state index contributed by atoms with van der Waals surface area (Å²) in [5.74, 6) is 0.872. The predicted molar refractivity (Wildman–Crippen MR) is 75.0 cm³/mol. The van der Waals surface area contributed by atoms with E-state index >= 15 is 0 Å². The quantitative estimate of drug-likeness (QED) is 0.839. The van der Waals surface area contributed by atoms with Crippen molar-refractivity contribution in [3.8, 4) is 5.75 Å². The van der Waals surface area contributed by atoms with Crippen molar-refractivity contribution < 1.29 is 4.74 Å². The Morgan fingerprint density at radius 3 is 2.83 bits per heavy atom. The van der Waals surface area contributed by atoms with Gasteiger partial charge in [-0.3, -0.25) is 4.98 Å². The molecule has 2 aromatic rings. The molecule has 0 bridgehead atoms. The summed E-state index contributed by atoms with van der Waals surface area (Å²) >= 11 is 0. The highest BCUT2D eigenvalue weighted by molar-refractivity contribution is 5.79. The second-order valence-corrected chi connectivity index (χ2v) is 5.38. The van der Waals surface area contributed by atoms with E-state index in [1.54, 1.807) is 6.20 Å². The van der Waals surface area contributed by atoms with Gasteiger partial charge in [0.1, 0.15) is 12.4 Å². The minimum Gasteiger partial charge on any atom is -0.492 e. The molecule has 1 N–H and O–H groups in total. The van der Waals surface area contributed by atoms with Crippen LogP contribution >= 0.6 is 0 Å². The first-order chi connectivity index (χ1) is 8.54. The molecule has 0 aliphatic heterocycles. The Bertz CT molecular complexity index is 517. The standard InChI is InChI=1S/C15H20N2O/c1-15(2,3)17-9-10-18-13-7-6-12-5-4-8-16-14(12)11-13/h4-8,11,17H,9-10H2,1-3H3. The zero-order valence-corrected chi connectivity index (χ0v) is 11.2. The lowest BCUT2D eigenvalue weighted by Gasteiger charge is -2.20. The maximum Gasteiger partial charge on any atom is 0.121 e. The largest absolute Gasteiger partial charge is 0.492 e. The highest BCUT2D eigenvalue weighted by atomic mass is 16.5. The number of nitrogens with one attached hydrogen (secondary N) is 1. The summed E-state index contributed by atoms with van der Waals surface area (Å²) in [5, 5.41) is 4.53. The van der Waals surface area contributed by atoms with E-state index in [1.165, 1.54) is 0 Å². The van der Waals surface area contributed by atoms with Crippen molar-refractivity contribution in [1.29, 1.82) is 0 Å². The van der Waals surface area contributed by atoms with E-state index in [0.717, 1.165) is 23.2 Å². The third kappa shape index (κ3) is 3.70. The number of ether oxygens (including phenoxy) is 1. The summed E-state index contributed by atoms with van der Waals surface area (Å²) in [6, 6.07) is 9.99. The van der Waals surface area contributed by atoms with E-state index in [-0.39, 0.29) is 5.54 Å². The zero-order chi connectivity index (χ0) is 13.0. The molecule has 3 nitrogen and oxygen atoms in total. The summed E-state index contributed by atoms with van der Waals surface area (Å²) < 4.78 is 5.71. The molecule has 0 aliphatic rings. The van der Waals surface area contributed by atoms with Crippen LogP contribution in [0, 0.1) is 0 Å². The SMILES string of the molecule is CC(C)(C)NCCOc1ccc2cccnc2c1. The molecule has 96 valence electrons. The van der Waals surface area contributed by atoms with Gasteiger partial charge in [-0.05, 0) is 39.0 Å². The first-order valence-corrected chi connectivity index (χ1v) is 6.27. The van der Waals surface area contributed by atoms with E-state index in [9.17, 15) is 0 Å². The number of nitrogens with zero attached hydrogens (tertiary/aromatic N) is 1. The Kier molecular flexibility index (Phi) is 3.82. The topological polar surface area (TPSA) is 34.1 Å². The zero-order valence-electron chi connectivity index (χ0n) is 11.2. The molecule has 0 spiro atoms. The predicted octanol–water partition coefficient (Wildman–Crippen LogP) is 3.00. The first-order valence-electron chi connectivity index (χ1n) is 6.27. The molecule has 1 heterocycles. The van der Waals surface area contributed by atoms with E-state index in [2.05, 4.69) is 31.1 Å². The Hall–Kier alpha value is -1.61. The Morgan fingerprint density at radius 2 is 2.06 bits per heavy atom. The van der Waals surface area contributed by atoms with Gasteiger partial charge >= 0.3 is 0 Å². The monoisotopic (exact) mass is 244 g/mol. The summed E-state index contributed by atoms with van der Waals surface area (Å²) in [5.41, 5.74) is 1.10. The highest BCUT2D eigenvalue weighted by Gasteiger charge is 2.07. The van der Waals surface area contributed by atoms with Crippen molar-refractivity contribution in [2.24, 2.45) is 0 Å². The molecule has 0 atom stereocenters. The van der Waals surface area contributed by atoms with E-state index in [0.29, 0.717) is 6.61 Å². The molecule has 18 heavy (non-hydrogen) atoms. The summed E-state index contributed by atoms with van der Waals surface area (Å²) in [6.45, 7) is 7.94. The molecule has 0 fully saturated rings. The van der Waals surface area contributed by atoms with Gasteiger partial charge in [0, 0.05) is 29.7 Å². The van der Waals surface area contributed by atoms with Crippen molar-refractivity contribution in [1.82, 2.24) is 10.3 Å². The number of fused-ring (bicyclic) bond motifs is 1. The average molecular weight is 244 g/mol. The first kappa shape index (κ1) is 12.8. The van der Waals surface area contributed by atoms with Crippen LogP contribution in [0.1, 0.15) is 20.8 Å². The summed E-state index contributed by atoms with van der Waals surface area (Å²) in [7, 11) is 0. The van der Waals surface area contributed by atoms with E-state index < -0.39 is 0 Å². The van der Waals surface area contributed by atoms with Gasteiger partial charge in [0.15, 0.2) is 0 Å². The van der Waals surface area contributed by atoms with Crippen LogP contribution in [0.25, 0.3) is 10.9 Å². The maximum atomic E-state index is 5.71. The maximum absolute atomic E-state index is 5.71. The molecule has 0 saturated heterocycles. The van der Waals surface area contributed by atoms with Gasteiger partial charge in [-0.2, -0.15) is 0 Å². The highest BCUT2D eigenvalue weighted by Crippen LogP contribution is 2.18. The summed E-state index contributed by atoms with van der Waals surface area (Å²) in [4.78, 5) is 4.31. The summed E-state index contributed by atoms with van der Waals surface area (Å²) in [6.07, 6.45) is 1.80. The molecule has 1 aromatic carbocycles. The number of pyridine rings is 1. The Morgan fingerprint density at radius 1 is 1.22 bits per heavy atom. The Balaban J connectivity index is 1.92. The third-order valence-electron chi connectivity index (χ3n) is 2.60. The number of aromatic nitrogens is 1. The van der Waals surface area contributed by atoms with Gasteiger partial charge in [0.25, 0.3) is 0 Å². The van der Waals surface area contributed by atoms with Crippen LogP contribution in [0.5, 0.6) is 5.75 Å². The lowest BCUT2D eigenvalue weighted by atomic mass is 10.1. The number of hydrogen-bond donors (Lipinski definition) is 1. The molecular formula is C15H20N2O. The van der Waals surface area contributed by atoms with Crippen LogP contribution < -0.4 is 10.1 Å². The van der Waals surface area contributed by atoms with Crippen molar-refractivity contribution in [2.75, 3.05) is 13.2 Å². The molecule has 2 rings (SSSR count). The van der Waals surface area contributed by atoms with Gasteiger partial charge in [0.2, 0.25) is 0 Å². The van der Waals surface area contributed by atoms with Gasteiger partial charge in [-0.25, -0.2) is 0 Å². The minimum absolute atomic E-state index is 0.133. The molecule has 0 amide bonds. The molecule has 1 aromatic heterocycles. The number of rotatable bonds is 4. The van der Waals surface area contributed by atoms with Crippen LogP contribution in [0.4, 0.5) is 0 Å². The molecule has 3 heteroatoms. The smallest absolute Gasteiger partial charge is 0.121 e. The normalized spacial score (nSPS) is 11.7. The van der Waals surface area contributed by atoms with Crippen molar-refractivity contribution >= 4 is 10.9 Å². The lowest BCUT2D eigenvalue weighted by molar-refractivity contribution is 0.291. The van der Waals surface area contributed by atoms with Crippen molar-refractivity contribution in [3.63, 3.8) is 0 Å². The number of benzene rings is 1. The van der Waals surface area contributed by atoms with Crippen LogP contribution in [0.2, 0.25) is 0 Å². The minimum atomic E-state index is 0.133. The van der Waals surface area contributed by atoms with E-state index in [4.69, 9.17) is 4.74 Å². The van der Waals surface area contributed by atoms with Gasteiger partial charge in [-0.15, -0.1) is 0 Å². The van der Waals surface area contributed by atoms with Crippen molar-refractivity contribution in [2.45, 2.75) is 26.3 Å². The molecule has 0 unspecified atom stereocenters. The van der Waals surface area contributed by atoms with Gasteiger partial charge in [0.05, 0.1) is 5.52 Å². The fourth-order valence-corrected chi connectivity index (χ4v) is 1.73. The fourth-order valence-electron chi connectivity index (χ4n) is 1.73. The van der Waals surface area contributed by atoms with Crippen LogP contribution in [0.15, 0.2) is 36.5 Å². The lowest BCUT2D eigenvalue weighted by Crippen LogP contribution is -2.38. The van der Waals surface area contributed by atoms with Gasteiger partial charge < -0.3 is 10.1 Å². The average Bonchev–Trinajstić information content (AvgIpc) is 2.33. The molecule has 0 radical (unpaired) electrons. The molecule has 0 saturated carbocycles.